The van der Waals surface area contributed by atoms with Crippen molar-refractivity contribution in [3.05, 3.63) is 46.4 Å². The Hall–Kier alpha value is -1.35. The largest absolute Gasteiger partial charge is 0.352 e. The smallest absolute Gasteiger partial charge is 0.251 e. The lowest BCUT2D eigenvalue weighted by Crippen LogP contribution is -2.24. The average Bonchev–Trinajstić information content (AvgIpc) is 2.35. The second kappa shape index (κ2) is 5.32. The van der Waals surface area contributed by atoms with E-state index in [0.717, 1.165) is 27.2 Å². The van der Waals surface area contributed by atoms with Gasteiger partial charge < -0.3 is 5.32 Å². The van der Waals surface area contributed by atoms with Crippen LogP contribution in [0.25, 0.3) is 10.8 Å². The van der Waals surface area contributed by atoms with Crippen molar-refractivity contribution in [1.29, 1.82) is 0 Å². The highest BCUT2D eigenvalue weighted by Gasteiger charge is 2.10. The number of hydrogen-bond acceptors (Lipinski definition) is 1. The molecule has 0 aromatic heterocycles. The van der Waals surface area contributed by atoms with Crippen molar-refractivity contribution in [2.45, 2.75) is 13.3 Å². The second-order valence-electron chi connectivity index (χ2n) is 3.90. The molecule has 0 saturated carbocycles. The van der Waals surface area contributed by atoms with E-state index in [-0.39, 0.29) is 5.91 Å². The molecule has 2 rings (SSSR count). The van der Waals surface area contributed by atoms with Gasteiger partial charge in [-0.1, -0.05) is 47.1 Å². The van der Waals surface area contributed by atoms with Gasteiger partial charge in [0.15, 0.2) is 0 Å². The number of carbonyl (C=O) groups excluding carboxylic acids is 1. The number of rotatable bonds is 3. The summed E-state index contributed by atoms with van der Waals surface area (Å²) in [7, 11) is 0. The van der Waals surface area contributed by atoms with Crippen molar-refractivity contribution in [1.82, 2.24) is 5.32 Å². The van der Waals surface area contributed by atoms with Gasteiger partial charge in [-0.2, -0.15) is 0 Å². The summed E-state index contributed by atoms with van der Waals surface area (Å²) in [5, 5.41) is 4.96. The van der Waals surface area contributed by atoms with Crippen molar-refractivity contribution >= 4 is 32.6 Å². The molecule has 0 unspecified atom stereocenters. The van der Waals surface area contributed by atoms with Crippen LogP contribution in [0, 0.1) is 0 Å². The Morgan fingerprint density at radius 3 is 2.65 bits per heavy atom. The van der Waals surface area contributed by atoms with Gasteiger partial charge in [-0.25, -0.2) is 0 Å². The SMILES string of the molecule is CCCNC(=O)c1cccc2cccc(Br)c12. The minimum atomic E-state index is -0.00986. The Bertz CT molecular complexity index is 546. The molecular formula is C14H14BrNO. The molecule has 2 nitrogen and oxygen atoms in total. The molecule has 0 aliphatic rings. The number of halogens is 1. The van der Waals surface area contributed by atoms with Crippen LogP contribution in [-0.2, 0) is 0 Å². The number of nitrogens with one attached hydrogen (secondary N) is 1. The Balaban J connectivity index is 2.50. The third-order valence-electron chi connectivity index (χ3n) is 2.63. The first kappa shape index (κ1) is 12.1. The van der Waals surface area contributed by atoms with E-state index in [0.29, 0.717) is 6.54 Å². The fraction of sp³-hybridized carbons (Fsp3) is 0.214. The lowest BCUT2D eigenvalue weighted by Gasteiger charge is -2.08. The monoisotopic (exact) mass is 291 g/mol. The molecule has 0 fully saturated rings. The van der Waals surface area contributed by atoms with E-state index >= 15 is 0 Å². The molecule has 0 spiro atoms. The summed E-state index contributed by atoms with van der Waals surface area (Å²) in [6.07, 6.45) is 0.942. The zero-order chi connectivity index (χ0) is 12.3. The summed E-state index contributed by atoms with van der Waals surface area (Å²) >= 11 is 3.50. The van der Waals surface area contributed by atoms with E-state index in [9.17, 15) is 4.79 Å². The second-order valence-corrected chi connectivity index (χ2v) is 4.75. The molecule has 0 bridgehead atoms. The topological polar surface area (TPSA) is 29.1 Å². The predicted molar refractivity (Wildman–Crippen MR) is 74.3 cm³/mol. The number of amides is 1. The van der Waals surface area contributed by atoms with Crippen LogP contribution in [0.3, 0.4) is 0 Å². The maximum atomic E-state index is 12.0. The van der Waals surface area contributed by atoms with Gasteiger partial charge in [0.2, 0.25) is 0 Å². The average molecular weight is 292 g/mol. The van der Waals surface area contributed by atoms with Crippen molar-refractivity contribution in [3.63, 3.8) is 0 Å². The van der Waals surface area contributed by atoms with Crippen LogP contribution in [0.5, 0.6) is 0 Å². The van der Waals surface area contributed by atoms with Crippen molar-refractivity contribution in [2.24, 2.45) is 0 Å². The Labute approximate surface area is 109 Å². The molecule has 0 atom stereocenters. The first-order valence-corrected chi connectivity index (χ1v) is 6.48. The third kappa shape index (κ3) is 2.50. The fourth-order valence-electron chi connectivity index (χ4n) is 1.82. The van der Waals surface area contributed by atoms with E-state index in [2.05, 4.69) is 21.2 Å². The van der Waals surface area contributed by atoms with Gasteiger partial charge in [0, 0.05) is 22.0 Å². The molecule has 0 aliphatic carbocycles. The van der Waals surface area contributed by atoms with Crippen LogP contribution in [-0.4, -0.2) is 12.5 Å². The van der Waals surface area contributed by atoms with Gasteiger partial charge in [-0.3, -0.25) is 4.79 Å². The van der Waals surface area contributed by atoms with Gasteiger partial charge in [-0.15, -0.1) is 0 Å². The van der Waals surface area contributed by atoms with E-state index in [1.165, 1.54) is 0 Å². The summed E-state index contributed by atoms with van der Waals surface area (Å²) in [5.41, 5.74) is 0.725. The molecule has 0 saturated heterocycles. The van der Waals surface area contributed by atoms with Crippen molar-refractivity contribution < 1.29 is 4.79 Å². The van der Waals surface area contributed by atoms with E-state index in [1.807, 2.05) is 43.3 Å². The van der Waals surface area contributed by atoms with Crippen LogP contribution < -0.4 is 5.32 Å². The molecule has 1 N–H and O–H groups in total. The summed E-state index contributed by atoms with van der Waals surface area (Å²) in [6, 6.07) is 11.7. The van der Waals surface area contributed by atoms with Crippen LogP contribution >= 0.6 is 15.9 Å². The molecule has 0 aliphatic heterocycles. The lowest BCUT2D eigenvalue weighted by molar-refractivity contribution is 0.0955. The Kier molecular flexibility index (Phi) is 3.79. The minimum Gasteiger partial charge on any atom is -0.352 e. The van der Waals surface area contributed by atoms with Crippen molar-refractivity contribution in [3.8, 4) is 0 Å². The maximum absolute atomic E-state index is 12.0. The van der Waals surface area contributed by atoms with Crippen LogP contribution in [0.15, 0.2) is 40.9 Å². The highest BCUT2D eigenvalue weighted by Crippen LogP contribution is 2.27. The Morgan fingerprint density at radius 2 is 1.94 bits per heavy atom. The summed E-state index contributed by atoms with van der Waals surface area (Å²) < 4.78 is 0.956. The van der Waals surface area contributed by atoms with E-state index < -0.39 is 0 Å². The number of fused-ring (bicyclic) bond motifs is 1. The lowest BCUT2D eigenvalue weighted by atomic mass is 10.0. The minimum absolute atomic E-state index is 0.00986. The van der Waals surface area contributed by atoms with Crippen LogP contribution in [0.2, 0.25) is 0 Å². The van der Waals surface area contributed by atoms with Crippen LogP contribution in [0.4, 0.5) is 0 Å². The Morgan fingerprint density at radius 1 is 1.24 bits per heavy atom. The highest BCUT2D eigenvalue weighted by molar-refractivity contribution is 9.10. The first-order chi connectivity index (χ1) is 8.24. The molecule has 88 valence electrons. The zero-order valence-corrected chi connectivity index (χ0v) is 11.3. The van der Waals surface area contributed by atoms with Gasteiger partial charge in [0.25, 0.3) is 5.91 Å². The molecule has 0 radical (unpaired) electrons. The molecule has 1 amide bonds. The predicted octanol–water partition coefficient (Wildman–Crippen LogP) is 3.74. The number of benzene rings is 2. The molecule has 3 heteroatoms. The van der Waals surface area contributed by atoms with Gasteiger partial charge in [0.05, 0.1) is 0 Å². The summed E-state index contributed by atoms with van der Waals surface area (Å²) in [5.74, 6) is -0.00986. The standard InChI is InChI=1S/C14H14BrNO/c1-2-9-16-14(17)11-7-3-5-10-6-4-8-12(15)13(10)11/h3-8H,2,9H2,1H3,(H,16,17). The summed E-state index contributed by atoms with van der Waals surface area (Å²) in [6.45, 7) is 2.75. The molecule has 0 heterocycles. The molecular weight excluding hydrogens is 278 g/mol. The summed E-state index contributed by atoms with van der Waals surface area (Å²) in [4.78, 5) is 12.0. The molecule has 2 aromatic carbocycles. The van der Waals surface area contributed by atoms with Gasteiger partial charge in [0.1, 0.15) is 0 Å². The van der Waals surface area contributed by atoms with Gasteiger partial charge >= 0.3 is 0 Å². The molecule has 17 heavy (non-hydrogen) atoms. The normalized spacial score (nSPS) is 10.5. The van der Waals surface area contributed by atoms with Gasteiger partial charge in [-0.05, 0) is 23.9 Å². The zero-order valence-electron chi connectivity index (χ0n) is 9.66. The quantitative estimate of drug-likeness (QED) is 0.917. The van der Waals surface area contributed by atoms with E-state index in [4.69, 9.17) is 0 Å². The first-order valence-electron chi connectivity index (χ1n) is 5.69. The van der Waals surface area contributed by atoms with Crippen LogP contribution in [0.1, 0.15) is 23.7 Å². The number of hydrogen-bond donors (Lipinski definition) is 1. The highest BCUT2D eigenvalue weighted by atomic mass is 79.9. The molecule has 2 aromatic rings. The third-order valence-corrected chi connectivity index (χ3v) is 3.29. The van der Waals surface area contributed by atoms with E-state index in [1.54, 1.807) is 0 Å². The maximum Gasteiger partial charge on any atom is 0.251 e. The van der Waals surface area contributed by atoms with Crippen molar-refractivity contribution in [2.75, 3.05) is 6.54 Å². The fourth-order valence-corrected chi connectivity index (χ4v) is 2.41. The number of carbonyl (C=O) groups is 1.